The second kappa shape index (κ2) is 10.8. The third-order valence-corrected chi connectivity index (χ3v) is 9.38. The number of para-hydroxylation sites is 2. The quantitative estimate of drug-likeness (QED) is 0.145. The molecule has 7 rings (SSSR count). The molecule has 0 radical (unpaired) electrons. The number of ether oxygens (including phenoxy) is 2. The van der Waals surface area contributed by atoms with E-state index >= 15 is 0 Å². The van der Waals surface area contributed by atoms with Crippen LogP contribution in [0.15, 0.2) is 41.7 Å². The molecule has 7 N–H and O–H groups in total. The van der Waals surface area contributed by atoms with Crippen molar-refractivity contribution in [1.82, 2.24) is 29.1 Å². The summed E-state index contributed by atoms with van der Waals surface area (Å²) in [6, 6.07) is 6.94. The van der Waals surface area contributed by atoms with Gasteiger partial charge in [-0.1, -0.05) is 12.1 Å². The zero-order valence-corrected chi connectivity index (χ0v) is 24.0. The number of nitrogens with two attached hydrogens (primary N) is 1. The smallest absolute Gasteiger partial charge is 0.386 e. The molecule has 3 aliphatic rings. The molecule has 10 atom stereocenters. The SMILES string of the molecule is Nc1nc2c(ncn2[C@@H]2O[C@@H]3COP(=O)(O)O[C@@H]4C(O)[C@H](n5cnc6ccccc65)O[C@@H]4COP(=O)(O)OC3[C@@H]2O)c(=O)[nH]1. The van der Waals surface area contributed by atoms with Crippen molar-refractivity contribution in [2.45, 2.75) is 49.1 Å². The van der Waals surface area contributed by atoms with Gasteiger partial charge in [-0.05, 0) is 12.1 Å². The zero-order valence-electron chi connectivity index (χ0n) is 22.2. The Labute approximate surface area is 245 Å². The van der Waals surface area contributed by atoms with Crippen LogP contribution in [0.5, 0.6) is 0 Å². The number of hydrogen-bond donors (Lipinski definition) is 6. The number of imidazole rings is 2. The average molecular weight is 657 g/mol. The highest BCUT2D eigenvalue weighted by molar-refractivity contribution is 7.47. The van der Waals surface area contributed by atoms with Gasteiger partial charge >= 0.3 is 15.6 Å². The van der Waals surface area contributed by atoms with Gasteiger partial charge in [0.15, 0.2) is 23.6 Å². The minimum atomic E-state index is -5.01. The van der Waals surface area contributed by atoms with Gasteiger partial charge in [0.2, 0.25) is 5.95 Å². The summed E-state index contributed by atoms with van der Waals surface area (Å²) in [5.74, 6) is -0.257. The van der Waals surface area contributed by atoms with Crippen LogP contribution in [0.4, 0.5) is 5.95 Å². The molecule has 44 heavy (non-hydrogen) atoms. The third-order valence-electron chi connectivity index (χ3n) is 7.41. The normalized spacial score (nSPS) is 38.3. The first-order valence-electron chi connectivity index (χ1n) is 13.0. The minimum Gasteiger partial charge on any atom is -0.386 e. The first-order valence-corrected chi connectivity index (χ1v) is 16.0. The largest absolute Gasteiger partial charge is 0.472 e. The molecule has 1 aromatic carbocycles. The van der Waals surface area contributed by atoms with Crippen LogP contribution in [0.1, 0.15) is 12.5 Å². The van der Waals surface area contributed by atoms with Gasteiger partial charge < -0.3 is 39.8 Å². The highest BCUT2D eigenvalue weighted by Gasteiger charge is 2.53. The molecule has 0 aliphatic carbocycles. The molecule has 3 saturated heterocycles. The lowest BCUT2D eigenvalue weighted by Crippen LogP contribution is -2.39. The van der Waals surface area contributed by atoms with Crippen molar-refractivity contribution in [1.29, 1.82) is 0 Å². The number of nitrogens with one attached hydrogen (secondary N) is 1. The summed E-state index contributed by atoms with van der Waals surface area (Å²) in [4.78, 5) is 47.9. The number of phosphoric ester groups is 2. The molecule has 0 amide bonds. The van der Waals surface area contributed by atoms with Crippen molar-refractivity contribution in [3.05, 3.63) is 47.3 Å². The number of phosphoric acid groups is 2. The second-order valence-corrected chi connectivity index (χ2v) is 13.0. The highest BCUT2D eigenvalue weighted by Crippen LogP contribution is 2.53. The number of fused-ring (bicyclic) bond motifs is 4. The maximum Gasteiger partial charge on any atom is 0.472 e. The van der Waals surface area contributed by atoms with Crippen molar-refractivity contribution < 1.29 is 56.7 Å². The fourth-order valence-corrected chi connectivity index (χ4v) is 7.37. The Hall–Kier alpha value is -3.10. The maximum absolute atomic E-state index is 13.1. The number of aromatic nitrogens is 6. The summed E-state index contributed by atoms with van der Waals surface area (Å²) in [7, 11) is -10.0. The number of aliphatic hydroxyl groups is 2. The molecular weight excluding hydrogens is 632 g/mol. The van der Waals surface area contributed by atoms with Crippen LogP contribution >= 0.6 is 15.6 Å². The molecular formula is C22H25N7O13P2. The monoisotopic (exact) mass is 657 g/mol. The molecule has 3 fully saturated rings. The summed E-state index contributed by atoms with van der Waals surface area (Å²) in [5.41, 5.74) is 5.87. The Morgan fingerprint density at radius 1 is 0.886 bits per heavy atom. The van der Waals surface area contributed by atoms with Gasteiger partial charge in [-0.15, -0.1) is 0 Å². The number of nitrogen functional groups attached to an aromatic ring is 1. The fraction of sp³-hybridized carbons (Fsp3) is 0.455. The van der Waals surface area contributed by atoms with Crippen LogP contribution in [0.2, 0.25) is 0 Å². The lowest BCUT2D eigenvalue weighted by molar-refractivity contribution is -0.0663. The maximum atomic E-state index is 13.1. The van der Waals surface area contributed by atoms with Crippen LogP contribution in [0.3, 0.4) is 0 Å². The number of rotatable bonds is 2. The van der Waals surface area contributed by atoms with Crippen molar-refractivity contribution in [2.75, 3.05) is 18.9 Å². The fourth-order valence-electron chi connectivity index (χ4n) is 5.44. The molecule has 3 aliphatic heterocycles. The average Bonchev–Trinajstić information content (AvgIpc) is 3.72. The molecule has 22 heteroatoms. The van der Waals surface area contributed by atoms with Gasteiger partial charge in [0.1, 0.15) is 36.6 Å². The van der Waals surface area contributed by atoms with Crippen molar-refractivity contribution in [2.24, 2.45) is 0 Å². The van der Waals surface area contributed by atoms with E-state index in [4.69, 9.17) is 33.3 Å². The Balaban J connectivity index is 1.17. The summed E-state index contributed by atoms with van der Waals surface area (Å²) in [6.07, 6.45) is -9.57. The first-order chi connectivity index (χ1) is 20.9. The van der Waals surface area contributed by atoms with E-state index in [-0.39, 0.29) is 17.1 Å². The van der Waals surface area contributed by atoms with Gasteiger partial charge in [0, 0.05) is 0 Å². The van der Waals surface area contributed by atoms with Crippen LogP contribution in [0.25, 0.3) is 22.2 Å². The topological polar surface area (TPSA) is 278 Å². The summed E-state index contributed by atoms with van der Waals surface area (Å²) in [6.45, 7) is -1.56. The van der Waals surface area contributed by atoms with E-state index in [0.717, 1.165) is 10.9 Å². The second-order valence-electron chi connectivity index (χ2n) is 10.2. The molecule has 6 heterocycles. The zero-order chi connectivity index (χ0) is 31.0. The Bertz CT molecular complexity index is 1880. The molecule has 0 saturated carbocycles. The molecule has 0 spiro atoms. The van der Waals surface area contributed by atoms with Gasteiger partial charge in [-0.2, -0.15) is 4.98 Å². The van der Waals surface area contributed by atoms with Crippen molar-refractivity contribution in [3.63, 3.8) is 0 Å². The van der Waals surface area contributed by atoms with Gasteiger partial charge in [-0.3, -0.25) is 32.4 Å². The van der Waals surface area contributed by atoms with Crippen LogP contribution in [0, 0.1) is 0 Å². The summed E-state index contributed by atoms with van der Waals surface area (Å²) >= 11 is 0. The van der Waals surface area contributed by atoms with E-state index in [9.17, 15) is 33.9 Å². The summed E-state index contributed by atoms with van der Waals surface area (Å²) in [5, 5.41) is 22.2. The van der Waals surface area contributed by atoms with E-state index in [0.29, 0.717) is 11.0 Å². The third kappa shape index (κ3) is 5.18. The minimum absolute atomic E-state index is 0.0904. The lowest BCUT2D eigenvalue weighted by atomic mass is 10.1. The number of nitrogens with zero attached hydrogens (tertiary/aromatic N) is 5. The van der Waals surface area contributed by atoms with E-state index in [2.05, 4.69) is 19.9 Å². The van der Waals surface area contributed by atoms with Crippen LogP contribution < -0.4 is 11.3 Å². The number of anilines is 1. The van der Waals surface area contributed by atoms with Crippen LogP contribution in [-0.2, 0) is 36.7 Å². The number of aromatic amines is 1. The number of H-pyrrole nitrogens is 1. The Morgan fingerprint density at radius 3 is 2.09 bits per heavy atom. The predicted octanol–water partition coefficient (Wildman–Crippen LogP) is -0.714. The van der Waals surface area contributed by atoms with E-state index in [1.54, 1.807) is 24.3 Å². The highest BCUT2D eigenvalue weighted by atomic mass is 31.2. The molecule has 20 nitrogen and oxygen atoms in total. The molecule has 4 aromatic rings. The van der Waals surface area contributed by atoms with E-state index in [1.807, 2.05) is 0 Å². The predicted molar refractivity (Wildman–Crippen MR) is 143 cm³/mol. The lowest BCUT2D eigenvalue weighted by Gasteiger charge is -2.27. The standard InChI is InChI=1S/C22H25N7O13P2/c23-22-26-18-13(19(32)27-22)25-8-29(18)21-15(31)17-12(40-21)6-38-43(33,34)41-16-11(5-37-44(35,36)42-17)39-20(14(16)30)28-7-24-9-3-1-2-4-10(9)28/h1-4,7-8,11-12,14-17,20-21,30-31H,5-6H2,(H,33,34)(H,35,36)(H3,23,26,27,32)/t11-,12-,14?,15+,16+,17?,20-,21-/m1/s1. The van der Waals surface area contributed by atoms with Gasteiger partial charge in [0.25, 0.3) is 5.56 Å². The molecule has 236 valence electrons. The van der Waals surface area contributed by atoms with Gasteiger partial charge in [-0.25, -0.2) is 19.1 Å². The van der Waals surface area contributed by atoms with E-state index < -0.39 is 83.5 Å². The molecule has 0 bridgehead atoms. The van der Waals surface area contributed by atoms with E-state index in [1.165, 1.54) is 10.9 Å². The summed E-state index contributed by atoms with van der Waals surface area (Å²) < 4.78 is 61.3. The molecule has 4 unspecified atom stereocenters. The first kappa shape index (κ1) is 29.6. The Morgan fingerprint density at radius 2 is 1.45 bits per heavy atom. The number of benzene rings is 1. The van der Waals surface area contributed by atoms with Crippen molar-refractivity contribution in [3.8, 4) is 0 Å². The Kier molecular flexibility index (Phi) is 7.24. The molecule has 3 aromatic heterocycles. The van der Waals surface area contributed by atoms with Crippen LogP contribution in [-0.4, -0.2) is 98.9 Å². The number of aliphatic hydroxyl groups excluding tert-OH is 2. The van der Waals surface area contributed by atoms with Gasteiger partial charge in [0.05, 0.1) is 36.9 Å². The van der Waals surface area contributed by atoms with Crippen molar-refractivity contribution >= 4 is 43.8 Å². The number of hydrogen-bond acceptors (Lipinski definition) is 15.